The number of likely N-dealkylation sites (N-methyl/N-ethyl adjacent to an activating group) is 1. The highest BCUT2D eigenvalue weighted by Crippen LogP contribution is 2.34. The van der Waals surface area contributed by atoms with Crippen LogP contribution in [0.2, 0.25) is 0 Å². The Kier molecular flexibility index (Phi) is 5.94. The molecule has 0 radical (unpaired) electrons. The van der Waals surface area contributed by atoms with Crippen LogP contribution in [0.3, 0.4) is 0 Å². The lowest BCUT2D eigenvalue weighted by Gasteiger charge is -2.19. The van der Waals surface area contributed by atoms with E-state index in [1.165, 1.54) is 0 Å². The molecule has 174 valence electrons. The van der Waals surface area contributed by atoms with E-state index in [1.807, 2.05) is 47.0 Å². The maximum atomic E-state index is 5.76. The van der Waals surface area contributed by atoms with Gasteiger partial charge in [0.15, 0.2) is 17.1 Å². The van der Waals surface area contributed by atoms with Gasteiger partial charge in [0, 0.05) is 23.2 Å². The molecule has 1 aliphatic carbocycles. The van der Waals surface area contributed by atoms with Gasteiger partial charge in [0.1, 0.15) is 13.2 Å². The first-order valence-corrected chi connectivity index (χ1v) is 11.4. The SMILES string of the molecule is CN(C)C/C=C/C1(C)C=CC=C(Nc2nc3cccc(-c4ccc5c(c4)OCCO5)n3n2)C=C1. The number of hydrogen-bond acceptors (Lipinski definition) is 6. The first-order valence-electron chi connectivity index (χ1n) is 11.4. The van der Waals surface area contributed by atoms with Gasteiger partial charge in [-0.05, 0) is 63.5 Å². The monoisotopic (exact) mass is 455 g/mol. The van der Waals surface area contributed by atoms with Crippen LogP contribution < -0.4 is 14.8 Å². The normalized spacial score (nSPS) is 19.6. The molecule has 1 aromatic carbocycles. The number of rotatable bonds is 6. The Hall–Kier alpha value is -3.84. The van der Waals surface area contributed by atoms with E-state index in [9.17, 15) is 0 Å². The summed E-state index contributed by atoms with van der Waals surface area (Å²) in [5, 5.41) is 8.09. The fourth-order valence-corrected chi connectivity index (χ4v) is 3.96. The van der Waals surface area contributed by atoms with Crippen molar-refractivity contribution in [3.63, 3.8) is 0 Å². The van der Waals surface area contributed by atoms with Crippen molar-refractivity contribution in [2.45, 2.75) is 6.92 Å². The first kappa shape index (κ1) is 22.0. The van der Waals surface area contributed by atoms with Gasteiger partial charge in [-0.1, -0.05) is 36.4 Å². The Morgan fingerprint density at radius 3 is 2.82 bits per heavy atom. The van der Waals surface area contributed by atoms with Crippen molar-refractivity contribution < 1.29 is 9.47 Å². The Morgan fingerprint density at radius 1 is 1.12 bits per heavy atom. The lowest BCUT2D eigenvalue weighted by molar-refractivity contribution is 0.171. The third-order valence-electron chi connectivity index (χ3n) is 5.75. The molecule has 5 rings (SSSR count). The highest BCUT2D eigenvalue weighted by molar-refractivity contribution is 5.67. The summed E-state index contributed by atoms with van der Waals surface area (Å²) in [7, 11) is 4.13. The zero-order valence-electron chi connectivity index (χ0n) is 19.7. The number of nitrogens with zero attached hydrogens (tertiary/aromatic N) is 4. The van der Waals surface area contributed by atoms with Gasteiger partial charge < -0.3 is 19.7 Å². The van der Waals surface area contributed by atoms with Gasteiger partial charge in [0.25, 0.3) is 0 Å². The molecule has 1 aliphatic heterocycles. The number of fused-ring (bicyclic) bond motifs is 2. The van der Waals surface area contributed by atoms with E-state index in [2.05, 4.69) is 72.7 Å². The molecule has 7 heteroatoms. The second-order valence-corrected chi connectivity index (χ2v) is 8.94. The van der Waals surface area contributed by atoms with Crippen LogP contribution in [-0.4, -0.2) is 53.4 Å². The Labute approximate surface area is 199 Å². The fourth-order valence-electron chi connectivity index (χ4n) is 3.96. The lowest BCUT2D eigenvalue weighted by Crippen LogP contribution is -2.15. The van der Waals surface area contributed by atoms with Crippen molar-refractivity contribution in [2.75, 3.05) is 39.2 Å². The largest absolute Gasteiger partial charge is 0.486 e. The standard InChI is InChI=1S/C27H29N5O2/c1-27(14-6-16-31(2)3)13-5-7-21(12-15-27)28-26-29-25-9-4-8-22(32(25)30-26)20-10-11-23-24(19-20)34-18-17-33-23/h4-15,19H,16-18H2,1-3H3,(H,28,30)/b14-6+. The van der Waals surface area contributed by atoms with Gasteiger partial charge in [0.05, 0.1) is 5.69 Å². The molecular formula is C27H29N5O2. The van der Waals surface area contributed by atoms with E-state index in [-0.39, 0.29) is 5.41 Å². The quantitative estimate of drug-likeness (QED) is 0.543. The molecule has 1 atom stereocenters. The molecule has 0 spiro atoms. The summed E-state index contributed by atoms with van der Waals surface area (Å²) in [5.74, 6) is 2.07. The predicted octanol–water partition coefficient (Wildman–Crippen LogP) is 4.71. The van der Waals surface area contributed by atoms with Crippen molar-refractivity contribution >= 4 is 11.6 Å². The molecule has 0 saturated carbocycles. The smallest absolute Gasteiger partial charge is 0.247 e. The third-order valence-corrected chi connectivity index (χ3v) is 5.75. The molecule has 3 aromatic rings. The van der Waals surface area contributed by atoms with Crippen LogP contribution in [0.15, 0.2) is 84.6 Å². The van der Waals surface area contributed by atoms with Crippen LogP contribution in [0.1, 0.15) is 6.92 Å². The van der Waals surface area contributed by atoms with Gasteiger partial charge >= 0.3 is 0 Å². The zero-order chi connectivity index (χ0) is 23.5. The van der Waals surface area contributed by atoms with E-state index in [0.717, 1.165) is 40.6 Å². The van der Waals surface area contributed by atoms with Crippen LogP contribution in [0, 0.1) is 5.41 Å². The van der Waals surface area contributed by atoms with E-state index >= 15 is 0 Å². The fraction of sp³-hybridized carbons (Fsp3) is 0.259. The molecule has 0 amide bonds. The molecule has 1 N–H and O–H groups in total. The van der Waals surface area contributed by atoms with Crippen LogP contribution in [-0.2, 0) is 0 Å². The highest BCUT2D eigenvalue weighted by atomic mass is 16.6. The molecule has 2 aliphatic rings. The van der Waals surface area contributed by atoms with Crippen molar-refractivity contribution in [3.8, 4) is 22.8 Å². The number of hydrogen-bond donors (Lipinski definition) is 1. The number of nitrogens with one attached hydrogen (secondary N) is 1. The molecule has 1 unspecified atom stereocenters. The summed E-state index contributed by atoms with van der Waals surface area (Å²) in [5.41, 5.74) is 3.47. The molecule has 34 heavy (non-hydrogen) atoms. The zero-order valence-corrected chi connectivity index (χ0v) is 19.7. The number of ether oxygens (including phenoxy) is 2. The van der Waals surface area contributed by atoms with Crippen molar-refractivity contribution in [1.82, 2.24) is 19.5 Å². The molecule has 2 aromatic heterocycles. The summed E-state index contributed by atoms with van der Waals surface area (Å²) in [4.78, 5) is 6.83. The summed E-state index contributed by atoms with van der Waals surface area (Å²) in [6.45, 7) is 4.23. The van der Waals surface area contributed by atoms with Crippen molar-refractivity contribution in [1.29, 1.82) is 0 Å². The van der Waals surface area contributed by atoms with Gasteiger partial charge in [-0.25, -0.2) is 4.52 Å². The minimum Gasteiger partial charge on any atom is -0.486 e. The van der Waals surface area contributed by atoms with Crippen molar-refractivity contribution in [2.24, 2.45) is 5.41 Å². The lowest BCUT2D eigenvalue weighted by atomic mass is 9.89. The summed E-state index contributed by atoms with van der Waals surface area (Å²) in [6.07, 6.45) is 15.0. The summed E-state index contributed by atoms with van der Waals surface area (Å²) >= 11 is 0. The minimum atomic E-state index is -0.145. The molecule has 0 bridgehead atoms. The average molecular weight is 456 g/mol. The second-order valence-electron chi connectivity index (χ2n) is 8.94. The molecule has 0 fully saturated rings. The first-order chi connectivity index (χ1) is 16.5. The van der Waals surface area contributed by atoms with Crippen LogP contribution >= 0.6 is 0 Å². The maximum absolute atomic E-state index is 5.76. The third kappa shape index (κ3) is 4.75. The van der Waals surface area contributed by atoms with Gasteiger partial charge in [0.2, 0.25) is 5.95 Å². The number of anilines is 1. The van der Waals surface area contributed by atoms with Crippen LogP contribution in [0.4, 0.5) is 5.95 Å². The highest BCUT2D eigenvalue weighted by Gasteiger charge is 2.17. The second kappa shape index (κ2) is 9.19. The topological polar surface area (TPSA) is 63.9 Å². The Bertz CT molecular complexity index is 1320. The minimum absolute atomic E-state index is 0.145. The predicted molar refractivity (Wildman–Crippen MR) is 135 cm³/mol. The van der Waals surface area contributed by atoms with Gasteiger partial charge in [-0.3, -0.25) is 0 Å². The maximum Gasteiger partial charge on any atom is 0.247 e. The molecule has 7 nitrogen and oxygen atoms in total. The van der Waals surface area contributed by atoms with Crippen molar-refractivity contribution in [3.05, 3.63) is 84.6 Å². The van der Waals surface area contributed by atoms with Gasteiger partial charge in [-0.15, -0.1) is 5.10 Å². The van der Waals surface area contributed by atoms with Gasteiger partial charge in [-0.2, -0.15) is 4.98 Å². The average Bonchev–Trinajstić information content (AvgIpc) is 3.15. The Balaban J connectivity index is 1.38. The summed E-state index contributed by atoms with van der Waals surface area (Å²) < 4.78 is 13.3. The van der Waals surface area contributed by atoms with Crippen LogP contribution in [0.5, 0.6) is 11.5 Å². The number of allylic oxidation sites excluding steroid dienone is 6. The van der Waals surface area contributed by atoms with E-state index in [4.69, 9.17) is 14.6 Å². The molecular weight excluding hydrogens is 426 g/mol. The van der Waals surface area contributed by atoms with Crippen LogP contribution in [0.25, 0.3) is 16.9 Å². The number of benzene rings is 1. The summed E-state index contributed by atoms with van der Waals surface area (Å²) in [6, 6.07) is 11.9. The van der Waals surface area contributed by atoms with E-state index in [0.29, 0.717) is 19.2 Å². The van der Waals surface area contributed by atoms with E-state index < -0.39 is 0 Å². The van der Waals surface area contributed by atoms with E-state index in [1.54, 1.807) is 0 Å². The number of aromatic nitrogens is 3. The molecule has 0 saturated heterocycles. The molecule has 3 heterocycles. The Morgan fingerprint density at radius 2 is 1.97 bits per heavy atom. The number of pyridine rings is 1.